The number of rotatable bonds is 5. The zero-order chi connectivity index (χ0) is 10.6. The van der Waals surface area contributed by atoms with Crippen LogP contribution < -0.4 is 11.1 Å². The van der Waals surface area contributed by atoms with Crippen molar-refractivity contribution in [1.82, 2.24) is 5.32 Å². The molecule has 3 heteroatoms. The van der Waals surface area contributed by atoms with E-state index in [0.29, 0.717) is 18.9 Å². The van der Waals surface area contributed by atoms with Crippen molar-refractivity contribution in [3.63, 3.8) is 0 Å². The van der Waals surface area contributed by atoms with Crippen molar-refractivity contribution < 1.29 is 4.79 Å². The minimum atomic E-state index is -0.143. The lowest BCUT2D eigenvalue weighted by molar-refractivity contribution is -0.124. The van der Waals surface area contributed by atoms with Gasteiger partial charge in [-0.05, 0) is 45.6 Å². The smallest absolute Gasteiger partial charge is 0.220 e. The summed E-state index contributed by atoms with van der Waals surface area (Å²) in [4.78, 5) is 11.6. The van der Waals surface area contributed by atoms with Crippen LogP contribution in [0.3, 0.4) is 0 Å². The molecule has 0 aromatic carbocycles. The van der Waals surface area contributed by atoms with Crippen molar-refractivity contribution in [3.8, 4) is 0 Å². The van der Waals surface area contributed by atoms with Crippen molar-refractivity contribution >= 4 is 5.91 Å². The molecule has 1 saturated carbocycles. The summed E-state index contributed by atoms with van der Waals surface area (Å²) in [6.07, 6.45) is 5.29. The summed E-state index contributed by atoms with van der Waals surface area (Å²) < 4.78 is 0. The summed E-state index contributed by atoms with van der Waals surface area (Å²) in [6, 6.07) is 0. The van der Waals surface area contributed by atoms with E-state index in [0.717, 1.165) is 6.42 Å². The van der Waals surface area contributed by atoms with Crippen LogP contribution in [0.1, 0.15) is 46.0 Å². The molecule has 0 atom stereocenters. The van der Waals surface area contributed by atoms with Gasteiger partial charge in [0.15, 0.2) is 0 Å². The quantitative estimate of drug-likeness (QED) is 0.702. The lowest BCUT2D eigenvalue weighted by atomic mass is 9.82. The van der Waals surface area contributed by atoms with Gasteiger partial charge in [0, 0.05) is 12.0 Å². The lowest BCUT2D eigenvalue weighted by Gasteiger charge is -2.29. The number of amides is 1. The highest BCUT2D eigenvalue weighted by atomic mass is 16.1. The molecule has 0 aromatic rings. The van der Waals surface area contributed by atoms with Gasteiger partial charge in [-0.25, -0.2) is 0 Å². The molecule has 0 spiro atoms. The number of hydrogen-bond donors (Lipinski definition) is 2. The predicted octanol–water partition coefficient (Wildman–Crippen LogP) is 1.42. The molecular formula is C11H22N2O. The Morgan fingerprint density at radius 3 is 2.57 bits per heavy atom. The van der Waals surface area contributed by atoms with Crippen LogP contribution in [-0.2, 0) is 4.79 Å². The van der Waals surface area contributed by atoms with E-state index < -0.39 is 0 Å². The van der Waals surface area contributed by atoms with Gasteiger partial charge in [0.05, 0.1) is 0 Å². The standard InChI is InChI=1S/C11H22N2O/c1-11(2,6-7-12)13-10(14)8-9-4-3-5-9/h9H,3-8,12H2,1-2H3,(H,13,14). The molecule has 0 saturated heterocycles. The molecule has 14 heavy (non-hydrogen) atoms. The van der Waals surface area contributed by atoms with E-state index in [1.54, 1.807) is 0 Å². The molecule has 0 aromatic heterocycles. The molecule has 0 heterocycles. The first-order valence-corrected chi connectivity index (χ1v) is 5.54. The molecule has 3 nitrogen and oxygen atoms in total. The highest BCUT2D eigenvalue weighted by molar-refractivity contribution is 5.77. The molecule has 0 bridgehead atoms. The average Bonchev–Trinajstić information content (AvgIpc) is 1.95. The van der Waals surface area contributed by atoms with Gasteiger partial charge in [-0.15, -0.1) is 0 Å². The molecule has 1 aliphatic rings. The molecular weight excluding hydrogens is 176 g/mol. The van der Waals surface area contributed by atoms with Crippen LogP contribution in [0.15, 0.2) is 0 Å². The fourth-order valence-corrected chi connectivity index (χ4v) is 1.81. The zero-order valence-electron chi connectivity index (χ0n) is 9.31. The highest BCUT2D eigenvalue weighted by Crippen LogP contribution is 2.29. The fraction of sp³-hybridized carbons (Fsp3) is 0.909. The highest BCUT2D eigenvalue weighted by Gasteiger charge is 2.24. The summed E-state index contributed by atoms with van der Waals surface area (Å²) >= 11 is 0. The first-order chi connectivity index (χ1) is 6.53. The third-order valence-corrected chi connectivity index (χ3v) is 2.95. The Bertz CT molecular complexity index is 197. The van der Waals surface area contributed by atoms with Crippen LogP contribution in [0.25, 0.3) is 0 Å². The monoisotopic (exact) mass is 198 g/mol. The van der Waals surface area contributed by atoms with Crippen molar-refractivity contribution in [2.24, 2.45) is 11.7 Å². The molecule has 1 fully saturated rings. The van der Waals surface area contributed by atoms with Crippen LogP contribution in [0, 0.1) is 5.92 Å². The topological polar surface area (TPSA) is 55.1 Å². The van der Waals surface area contributed by atoms with Crippen LogP contribution >= 0.6 is 0 Å². The van der Waals surface area contributed by atoms with Gasteiger partial charge in [0.1, 0.15) is 0 Å². The second kappa shape index (κ2) is 4.78. The number of hydrogen-bond acceptors (Lipinski definition) is 2. The van der Waals surface area contributed by atoms with Crippen LogP contribution in [0.5, 0.6) is 0 Å². The minimum absolute atomic E-state index is 0.143. The van der Waals surface area contributed by atoms with Gasteiger partial charge in [-0.1, -0.05) is 6.42 Å². The maximum absolute atomic E-state index is 11.6. The van der Waals surface area contributed by atoms with E-state index >= 15 is 0 Å². The Morgan fingerprint density at radius 1 is 1.50 bits per heavy atom. The third kappa shape index (κ3) is 3.66. The largest absolute Gasteiger partial charge is 0.351 e. The second-order valence-electron chi connectivity index (χ2n) is 4.97. The molecule has 1 amide bonds. The molecule has 1 rings (SSSR count). The minimum Gasteiger partial charge on any atom is -0.351 e. The van der Waals surface area contributed by atoms with Gasteiger partial charge in [0.25, 0.3) is 0 Å². The van der Waals surface area contributed by atoms with Crippen molar-refractivity contribution in [3.05, 3.63) is 0 Å². The first kappa shape index (κ1) is 11.5. The third-order valence-electron chi connectivity index (χ3n) is 2.95. The molecule has 0 unspecified atom stereocenters. The summed E-state index contributed by atoms with van der Waals surface area (Å²) in [5.41, 5.74) is 5.33. The summed E-state index contributed by atoms with van der Waals surface area (Å²) in [5.74, 6) is 0.830. The Balaban J connectivity index is 2.23. The van der Waals surface area contributed by atoms with Crippen LogP contribution in [-0.4, -0.2) is 18.0 Å². The molecule has 0 radical (unpaired) electrons. The zero-order valence-corrected chi connectivity index (χ0v) is 9.31. The van der Waals surface area contributed by atoms with E-state index in [1.165, 1.54) is 19.3 Å². The van der Waals surface area contributed by atoms with E-state index in [2.05, 4.69) is 5.32 Å². The van der Waals surface area contributed by atoms with Crippen molar-refractivity contribution in [2.75, 3.05) is 6.54 Å². The molecule has 0 aliphatic heterocycles. The predicted molar refractivity (Wildman–Crippen MR) is 57.9 cm³/mol. The van der Waals surface area contributed by atoms with Crippen molar-refractivity contribution in [1.29, 1.82) is 0 Å². The molecule has 1 aliphatic carbocycles. The number of nitrogens with one attached hydrogen (secondary N) is 1. The summed E-state index contributed by atoms with van der Waals surface area (Å²) in [5, 5.41) is 3.04. The van der Waals surface area contributed by atoms with Gasteiger partial charge < -0.3 is 11.1 Å². The Hall–Kier alpha value is -0.570. The molecule has 3 N–H and O–H groups in total. The normalized spacial score (nSPS) is 17.6. The van der Waals surface area contributed by atoms with Gasteiger partial charge >= 0.3 is 0 Å². The van der Waals surface area contributed by atoms with Crippen LogP contribution in [0.2, 0.25) is 0 Å². The first-order valence-electron chi connectivity index (χ1n) is 5.54. The van der Waals surface area contributed by atoms with Gasteiger partial charge in [-0.3, -0.25) is 4.79 Å². The number of nitrogens with two attached hydrogens (primary N) is 1. The van der Waals surface area contributed by atoms with E-state index in [4.69, 9.17) is 5.73 Å². The van der Waals surface area contributed by atoms with E-state index in [-0.39, 0.29) is 11.4 Å². The SMILES string of the molecule is CC(C)(CCN)NC(=O)CC1CCC1. The maximum atomic E-state index is 11.6. The van der Waals surface area contributed by atoms with Crippen LogP contribution in [0.4, 0.5) is 0 Å². The van der Waals surface area contributed by atoms with Gasteiger partial charge in [-0.2, -0.15) is 0 Å². The van der Waals surface area contributed by atoms with E-state index in [9.17, 15) is 4.79 Å². The van der Waals surface area contributed by atoms with E-state index in [1.807, 2.05) is 13.8 Å². The molecule has 82 valence electrons. The van der Waals surface area contributed by atoms with Gasteiger partial charge in [0.2, 0.25) is 5.91 Å². The summed E-state index contributed by atoms with van der Waals surface area (Å²) in [7, 11) is 0. The fourth-order valence-electron chi connectivity index (χ4n) is 1.81. The number of carbonyl (C=O) groups excluding carboxylic acids is 1. The Labute approximate surface area is 86.4 Å². The summed E-state index contributed by atoms with van der Waals surface area (Å²) in [6.45, 7) is 4.67. The lowest BCUT2D eigenvalue weighted by Crippen LogP contribution is -2.45. The average molecular weight is 198 g/mol. The van der Waals surface area contributed by atoms with Crippen molar-refractivity contribution in [2.45, 2.75) is 51.5 Å². The Kier molecular flexibility index (Phi) is 3.93. The second-order valence-corrected chi connectivity index (χ2v) is 4.97. The number of carbonyl (C=O) groups is 1. The maximum Gasteiger partial charge on any atom is 0.220 e. The Morgan fingerprint density at radius 2 is 2.14 bits per heavy atom.